The predicted molar refractivity (Wildman–Crippen MR) is 84.7 cm³/mol. The first kappa shape index (κ1) is 12.2. The molecule has 0 saturated heterocycles. The molecule has 0 N–H and O–H groups in total. The summed E-state index contributed by atoms with van der Waals surface area (Å²) in [5.41, 5.74) is 0. The molecule has 0 aliphatic carbocycles. The molecule has 0 atom stereocenters. The van der Waals surface area contributed by atoms with E-state index in [9.17, 15) is 0 Å². The molecule has 0 saturated carbocycles. The van der Waals surface area contributed by atoms with E-state index >= 15 is 0 Å². The Hall–Kier alpha value is -1.82. The summed E-state index contributed by atoms with van der Waals surface area (Å²) in [6.07, 6.45) is 0. The number of hydrogen-bond donors (Lipinski definition) is 0. The first-order chi connectivity index (χ1) is 8.90. The van der Waals surface area contributed by atoms with Crippen molar-refractivity contribution >= 4 is 49.4 Å². The Labute approximate surface area is 122 Å². The van der Waals surface area contributed by atoms with Gasteiger partial charge in [-0.2, -0.15) is 0 Å². The van der Waals surface area contributed by atoms with Crippen LogP contribution in [-0.4, -0.2) is 17.1 Å². The summed E-state index contributed by atoms with van der Waals surface area (Å²) in [6.45, 7) is 0. The maximum atomic E-state index is 2.27. The van der Waals surface area contributed by atoms with Crippen molar-refractivity contribution in [2.75, 3.05) is 0 Å². The smallest absolute Gasteiger partial charge is 0 e. The van der Waals surface area contributed by atoms with Crippen molar-refractivity contribution in [2.24, 2.45) is 0 Å². The van der Waals surface area contributed by atoms with Gasteiger partial charge in [0.05, 0.1) is 0 Å². The monoisotopic (exact) mass is 308 g/mol. The van der Waals surface area contributed by atoms with Crippen LogP contribution in [0.2, 0.25) is 0 Å². The van der Waals surface area contributed by atoms with Crippen molar-refractivity contribution in [3.05, 3.63) is 72.8 Å². The molecule has 1 heteroatoms. The summed E-state index contributed by atoms with van der Waals surface area (Å²) in [7, 11) is 0. The molecule has 0 nitrogen and oxygen atoms in total. The Morgan fingerprint density at radius 3 is 0.895 bits per heavy atom. The van der Waals surface area contributed by atoms with Gasteiger partial charge in [0.1, 0.15) is 0 Å². The van der Waals surface area contributed by atoms with E-state index < -0.39 is 0 Å². The van der Waals surface area contributed by atoms with Gasteiger partial charge >= 0.3 is 0 Å². The molecule has 0 fully saturated rings. The van der Waals surface area contributed by atoms with Gasteiger partial charge in [0.15, 0.2) is 0 Å². The summed E-state index contributed by atoms with van der Waals surface area (Å²) in [5.74, 6) is 0. The fourth-order valence-corrected chi connectivity index (χ4v) is 2.63. The summed E-state index contributed by atoms with van der Waals surface area (Å²) < 4.78 is 0. The second-order valence-corrected chi connectivity index (χ2v) is 4.75. The largest absolute Gasteiger partial charge is 0.0616 e. The second-order valence-electron chi connectivity index (χ2n) is 4.75. The zero-order valence-electron chi connectivity index (χ0n) is 10.3. The van der Waals surface area contributed by atoms with Crippen LogP contribution >= 0.6 is 0 Å². The van der Waals surface area contributed by atoms with Gasteiger partial charge in [0.25, 0.3) is 0 Å². The van der Waals surface area contributed by atoms with Crippen molar-refractivity contribution in [2.45, 2.75) is 0 Å². The van der Waals surface area contributed by atoms with Gasteiger partial charge in [-0.25, -0.2) is 0 Å². The molecular formula is C18H12Se. The Bertz CT molecular complexity index is 734. The van der Waals surface area contributed by atoms with Crippen LogP contribution in [0.25, 0.3) is 32.3 Å². The van der Waals surface area contributed by atoms with E-state index in [1.807, 2.05) is 0 Å². The van der Waals surface area contributed by atoms with Gasteiger partial charge < -0.3 is 0 Å². The molecule has 4 rings (SSSR count). The standard InChI is InChI=1S/C18H12.Se/c1-2-6-14-10-18-12-16-8-4-3-7-15(16)11-17(18)9-13(14)5-1;/h1-12H;. The number of benzene rings is 4. The number of fused-ring (bicyclic) bond motifs is 3. The Balaban J connectivity index is 0.00000110. The van der Waals surface area contributed by atoms with Crippen LogP contribution in [0.5, 0.6) is 0 Å². The third kappa shape index (κ3) is 2.02. The summed E-state index contributed by atoms with van der Waals surface area (Å²) in [4.78, 5) is 0. The van der Waals surface area contributed by atoms with Crippen LogP contribution < -0.4 is 0 Å². The molecule has 4 aromatic carbocycles. The molecule has 0 amide bonds. The van der Waals surface area contributed by atoms with E-state index in [1.54, 1.807) is 0 Å². The van der Waals surface area contributed by atoms with E-state index in [-0.39, 0.29) is 17.1 Å². The molecule has 0 aromatic heterocycles. The fourth-order valence-electron chi connectivity index (χ4n) is 2.63. The number of rotatable bonds is 0. The Kier molecular flexibility index (Phi) is 3.02. The van der Waals surface area contributed by atoms with Gasteiger partial charge in [-0.3, -0.25) is 0 Å². The first-order valence-electron chi connectivity index (χ1n) is 6.21. The van der Waals surface area contributed by atoms with Crippen LogP contribution in [-0.2, 0) is 0 Å². The summed E-state index contributed by atoms with van der Waals surface area (Å²) in [5, 5.41) is 7.85. The van der Waals surface area contributed by atoms with Crippen LogP contribution in [0.1, 0.15) is 0 Å². The average molecular weight is 307 g/mol. The van der Waals surface area contributed by atoms with Crippen molar-refractivity contribution in [1.29, 1.82) is 0 Å². The van der Waals surface area contributed by atoms with Gasteiger partial charge in [-0.15, -0.1) is 0 Å². The second kappa shape index (κ2) is 4.69. The minimum absolute atomic E-state index is 0. The van der Waals surface area contributed by atoms with Gasteiger partial charge in [-0.05, 0) is 56.6 Å². The quantitative estimate of drug-likeness (QED) is 0.324. The molecule has 0 bridgehead atoms. The van der Waals surface area contributed by atoms with Crippen molar-refractivity contribution < 1.29 is 0 Å². The van der Waals surface area contributed by atoms with E-state index in [2.05, 4.69) is 72.8 Å². The minimum Gasteiger partial charge on any atom is -0.0616 e. The maximum Gasteiger partial charge on any atom is 0 e. The van der Waals surface area contributed by atoms with Crippen molar-refractivity contribution in [1.82, 2.24) is 0 Å². The van der Waals surface area contributed by atoms with E-state index in [4.69, 9.17) is 0 Å². The molecule has 19 heavy (non-hydrogen) atoms. The molecular weight excluding hydrogens is 295 g/mol. The molecule has 0 aliphatic rings. The van der Waals surface area contributed by atoms with Crippen LogP contribution in [0.15, 0.2) is 72.8 Å². The van der Waals surface area contributed by atoms with Gasteiger partial charge in [0.2, 0.25) is 0 Å². The zero-order valence-corrected chi connectivity index (χ0v) is 12.0. The summed E-state index contributed by atoms with van der Waals surface area (Å²) >= 11 is 0. The van der Waals surface area contributed by atoms with E-state index in [0.29, 0.717) is 0 Å². The normalized spacial score (nSPS) is 10.7. The number of hydrogen-bond acceptors (Lipinski definition) is 0. The minimum atomic E-state index is 0. The van der Waals surface area contributed by atoms with Crippen LogP contribution in [0.3, 0.4) is 0 Å². The van der Waals surface area contributed by atoms with Crippen molar-refractivity contribution in [3.8, 4) is 0 Å². The third-order valence-electron chi connectivity index (χ3n) is 3.57. The molecule has 0 unspecified atom stereocenters. The Morgan fingerprint density at radius 2 is 0.632 bits per heavy atom. The zero-order chi connectivity index (χ0) is 11.9. The van der Waals surface area contributed by atoms with Crippen LogP contribution in [0, 0.1) is 0 Å². The van der Waals surface area contributed by atoms with Crippen molar-refractivity contribution in [3.63, 3.8) is 0 Å². The van der Waals surface area contributed by atoms with Gasteiger partial charge in [0, 0.05) is 17.1 Å². The molecule has 0 spiro atoms. The molecule has 90 valence electrons. The topological polar surface area (TPSA) is 0 Å². The fraction of sp³-hybridized carbons (Fsp3) is 0. The predicted octanol–water partition coefficient (Wildman–Crippen LogP) is 4.77. The SMILES string of the molecule is [Se].c1ccc2cc3cc4ccccc4cc3cc2c1. The molecule has 4 aromatic rings. The van der Waals surface area contributed by atoms with Crippen LogP contribution in [0.4, 0.5) is 0 Å². The summed E-state index contributed by atoms with van der Waals surface area (Å²) in [6, 6.07) is 26.2. The van der Waals surface area contributed by atoms with Gasteiger partial charge in [-0.1, -0.05) is 48.5 Å². The molecule has 0 aliphatic heterocycles. The Morgan fingerprint density at radius 1 is 0.368 bits per heavy atom. The first-order valence-corrected chi connectivity index (χ1v) is 6.21. The third-order valence-corrected chi connectivity index (χ3v) is 3.57. The average Bonchev–Trinajstić information content (AvgIpc) is 2.42. The van der Waals surface area contributed by atoms with E-state index in [0.717, 1.165) is 0 Å². The molecule has 0 heterocycles. The van der Waals surface area contributed by atoms with E-state index in [1.165, 1.54) is 32.3 Å². The maximum absolute atomic E-state index is 2.27. The molecule has 2 radical (unpaired) electrons.